The quantitative estimate of drug-likeness (QED) is 0.777. The highest BCUT2D eigenvalue weighted by Gasteiger charge is 2.49. The number of carboxylic acid groups (broad SMARTS) is 1. The molecule has 2 heteroatoms. The van der Waals surface area contributed by atoms with E-state index in [1.807, 2.05) is 6.92 Å². The van der Waals surface area contributed by atoms with Gasteiger partial charge in [0.2, 0.25) is 0 Å². The Kier molecular flexibility index (Phi) is 3.23. The molecule has 0 aromatic carbocycles. The lowest BCUT2D eigenvalue weighted by molar-refractivity contribution is -0.132. The molecule has 0 unspecified atom stereocenters. The van der Waals surface area contributed by atoms with Crippen molar-refractivity contribution in [1.29, 1.82) is 0 Å². The van der Waals surface area contributed by atoms with Gasteiger partial charge >= 0.3 is 5.97 Å². The van der Waals surface area contributed by atoms with Crippen LogP contribution in [0.2, 0.25) is 0 Å². The second kappa shape index (κ2) is 4.64. The maximum Gasteiger partial charge on any atom is 0.331 e. The Bertz CT molecular complexity index is 391. The summed E-state index contributed by atoms with van der Waals surface area (Å²) in [6.45, 7) is 6.17. The summed E-state index contributed by atoms with van der Waals surface area (Å²) in [4.78, 5) is 11.4. The first-order valence-electron chi connectivity index (χ1n) is 7.91. The van der Waals surface area contributed by atoms with Crippen molar-refractivity contribution in [1.82, 2.24) is 0 Å². The first kappa shape index (κ1) is 13.2. The highest BCUT2D eigenvalue weighted by atomic mass is 16.4. The number of hydrogen-bond acceptors (Lipinski definition) is 1. The summed E-state index contributed by atoms with van der Waals surface area (Å²) in [5.41, 5.74) is 1.90. The van der Waals surface area contributed by atoms with Gasteiger partial charge in [-0.3, -0.25) is 0 Å². The number of hydrogen-bond donors (Lipinski definition) is 1. The molecule has 4 aliphatic rings. The molecule has 106 valence electrons. The minimum Gasteiger partial charge on any atom is -0.478 e. The molecule has 4 saturated carbocycles. The Balaban J connectivity index is 1.96. The molecule has 0 spiro atoms. The highest BCUT2D eigenvalue weighted by Crippen LogP contribution is 2.59. The van der Waals surface area contributed by atoms with Crippen molar-refractivity contribution in [3.8, 4) is 0 Å². The summed E-state index contributed by atoms with van der Waals surface area (Å²) >= 11 is 0. The van der Waals surface area contributed by atoms with Crippen LogP contribution in [0.4, 0.5) is 0 Å². The third-order valence-electron chi connectivity index (χ3n) is 5.96. The van der Waals surface area contributed by atoms with E-state index in [1.54, 1.807) is 0 Å². The number of rotatable bonds is 3. The zero-order valence-electron chi connectivity index (χ0n) is 12.4. The Morgan fingerprint density at radius 3 is 1.84 bits per heavy atom. The van der Waals surface area contributed by atoms with E-state index in [-0.39, 0.29) is 0 Å². The summed E-state index contributed by atoms with van der Waals surface area (Å²) in [6, 6.07) is 0. The Morgan fingerprint density at radius 1 is 1.00 bits per heavy atom. The highest BCUT2D eigenvalue weighted by molar-refractivity contribution is 5.87. The fourth-order valence-corrected chi connectivity index (χ4v) is 5.62. The molecule has 0 aromatic rings. The van der Waals surface area contributed by atoms with Gasteiger partial charge in [-0.1, -0.05) is 19.4 Å². The first-order chi connectivity index (χ1) is 8.97. The molecule has 0 heterocycles. The second-order valence-corrected chi connectivity index (χ2v) is 7.50. The average Bonchev–Trinajstić information content (AvgIpc) is 2.31. The van der Waals surface area contributed by atoms with Crippen LogP contribution in [-0.2, 0) is 4.79 Å². The van der Waals surface area contributed by atoms with E-state index in [4.69, 9.17) is 0 Å². The van der Waals surface area contributed by atoms with Crippen LogP contribution in [-0.4, -0.2) is 11.1 Å². The number of allylic oxidation sites excluding steroid dienone is 1. The number of carboxylic acids is 1. The maximum absolute atomic E-state index is 11.4. The van der Waals surface area contributed by atoms with Crippen LogP contribution < -0.4 is 0 Å². The lowest BCUT2D eigenvalue weighted by atomic mass is 9.49. The standard InChI is InChI=1S/C17H26O2/c1-9(2)15(10(3)17(18)19)16-13-5-11-4-12(7-13)8-14(16)6-11/h9,11-14,16H,4-8H2,1-3H3,(H,18,19). The van der Waals surface area contributed by atoms with Crippen LogP contribution in [0.25, 0.3) is 0 Å². The summed E-state index contributed by atoms with van der Waals surface area (Å²) in [7, 11) is 0. The van der Waals surface area contributed by atoms with Gasteiger partial charge in [-0.15, -0.1) is 0 Å². The van der Waals surface area contributed by atoms with Crippen LogP contribution in [0.1, 0.15) is 52.9 Å². The van der Waals surface area contributed by atoms with E-state index >= 15 is 0 Å². The molecule has 4 aliphatic carbocycles. The van der Waals surface area contributed by atoms with E-state index < -0.39 is 5.97 Å². The molecule has 19 heavy (non-hydrogen) atoms. The molecule has 4 bridgehead atoms. The topological polar surface area (TPSA) is 37.3 Å². The number of aliphatic carboxylic acids is 1. The lowest BCUT2D eigenvalue weighted by Crippen LogP contribution is -2.46. The van der Waals surface area contributed by atoms with E-state index in [2.05, 4.69) is 13.8 Å². The van der Waals surface area contributed by atoms with Crippen LogP contribution in [0, 0.1) is 35.5 Å². The van der Waals surface area contributed by atoms with Gasteiger partial charge in [0, 0.05) is 5.57 Å². The van der Waals surface area contributed by atoms with Crippen molar-refractivity contribution >= 4 is 5.97 Å². The van der Waals surface area contributed by atoms with Gasteiger partial charge in [-0.05, 0) is 74.5 Å². The van der Waals surface area contributed by atoms with Crippen molar-refractivity contribution in [3.63, 3.8) is 0 Å². The van der Waals surface area contributed by atoms with Crippen LogP contribution >= 0.6 is 0 Å². The van der Waals surface area contributed by atoms with Crippen LogP contribution in [0.5, 0.6) is 0 Å². The van der Waals surface area contributed by atoms with Gasteiger partial charge in [-0.25, -0.2) is 4.79 Å². The van der Waals surface area contributed by atoms with Gasteiger partial charge in [0.15, 0.2) is 0 Å². The van der Waals surface area contributed by atoms with E-state index in [9.17, 15) is 9.90 Å². The fourth-order valence-electron chi connectivity index (χ4n) is 5.62. The molecular formula is C17H26O2. The molecule has 0 atom stereocenters. The SMILES string of the molecule is CC(C(=O)O)=C(C(C)C)C1C2CC3CC(C2)CC1C3. The van der Waals surface area contributed by atoms with Crippen molar-refractivity contribution in [3.05, 3.63) is 11.1 Å². The summed E-state index contributed by atoms with van der Waals surface area (Å²) in [6.07, 6.45) is 6.90. The second-order valence-electron chi connectivity index (χ2n) is 7.50. The van der Waals surface area contributed by atoms with Crippen LogP contribution in [0.3, 0.4) is 0 Å². The zero-order chi connectivity index (χ0) is 13.7. The monoisotopic (exact) mass is 262 g/mol. The molecule has 0 aliphatic heterocycles. The van der Waals surface area contributed by atoms with E-state index in [0.29, 0.717) is 17.4 Å². The molecule has 0 radical (unpaired) electrons. The Labute approximate surface area is 116 Å². The molecular weight excluding hydrogens is 236 g/mol. The summed E-state index contributed by atoms with van der Waals surface area (Å²) in [5.74, 6) is 3.71. The van der Waals surface area contributed by atoms with Gasteiger partial charge in [-0.2, -0.15) is 0 Å². The molecule has 0 saturated heterocycles. The molecule has 4 fully saturated rings. The smallest absolute Gasteiger partial charge is 0.331 e. The van der Waals surface area contributed by atoms with Gasteiger partial charge in [0.25, 0.3) is 0 Å². The summed E-state index contributed by atoms with van der Waals surface area (Å²) in [5, 5.41) is 9.40. The largest absolute Gasteiger partial charge is 0.478 e. The first-order valence-corrected chi connectivity index (χ1v) is 7.91. The van der Waals surface area contributed by atoms with E-state index in [1.165, 1.54) is 37.7 Å². The van der Waals surface area contributed by atoms with Crippen molar-refractivity contribution < 1.29 is 9.90 Å². The van der Waals surface area contributed by atoms with Crippen molar-refractivity contribution in [2.24, 2.45) is 35.5 Å². The zero-order valence-corrected chi connectivity index (χ0v) is 12.4. The van der Waals surface area contributed by atoms with E-state index in [0.717, 1.165) is 23.7 Å². The van der Waals surface area contributed by atoms with Gasteiger partial charge in [0.1, 0.15) is 0 Å². The van der Waals surface area contributed by atoms with Gasteiger partial charge in [0.05, 0.1) is 0 Å². The molecule has 4 rings (SSSR count). The van der Waals surface area contributed by atoms with Crippen molar-refractivity contribution in [2.75, 3.05) is 0 Å². The predicted molar refractivity (Wildman–Crippen MR) is 75.7 cm³/mol. The van der Waals surface area contributed by atoms with Crippen LogP contribution in [0.15, 0.2) is 11.1 Å². The average molecular weight is 262 g/mol. The predicted octanol–water partition coefficient (Wildman–Crippen LogP) is 4.12. The minimum atomic E-state index is -0.711. The number of carbonyl (C=O) groups is 1. The molecule has 0 aromatic heterocycles. The molecule has 1 N–H and O–H groups in total. The Hall–Kier alpha value is -0.790. The maximum atomic E-state index is 11.4. The third kappa shape index (κ3) is 2.13. The normalized spacial score (nSPS) is 41.6. The molecule has 0 amide bonds. The van der Waals surface area contributed by atoms with Gasteiger partial charge < -0.3 is 5.11 Å². The van der Waals surface area contributed by atoms with Crippen molar-refractivity contribution in [2.45, 2.75) is 52.9 Å². The fraction of sp³-hybridized carbons (Fsp3) is 0.824. The Morgan fingerprint density at radius 2 is 1.47 bits per heavy atom. The minimum absolute atomic E-state index is 0.374. The third-order valence-corrected chi connectivity index (χ3v) is 5.96. The molecule has 2 nitrogen and oxygen atoms in total. The summed E-state index contributed by atoms with van der Waals surface area (Å²) < 4.78 is 0. The lowest BCUT2D eigenvalue weighted by Gasteiger charge is -2.55.